The molecular weight excluding hydrogens is 230 g/mol. The van der Waals surface area contributed by atoms with Gasteiger partial charge in [0.15, 0.2) is 0 Å². The fourth-order valence-electron chi connectivity index (χ4n) is 2.15. The van der Waals surface area contributed by atoms with Crippen molar-refractivity contribution in [2.24, 2.45) is 0 Å². The van der Waals surface area contributed by atoms with Crippen molar-refractivity contribution in [1.29, 1.82) is 0 Å². The monoisotopic (exact) mass is 245 g/mol. The van der Waals surface area contributed by atoms with Gasteiger partial charge in [-0.25, -0.2) is 9.97 Å². The third kappa shape index (κ3) is 2.24. The molecule has 6 heteroatoms. The van der Waals surface area contributed by atoms with E-state index in [0.29, 0.717) is 29.2 Å². The fourth-order valence-corrected chi connectivity index (χ4v) is 2.15. The fraction of sp³-hybridized carbons (Fsp3) is 0.500. The number of hydrogen-bond acceptors (Lipinski definition) is 6. The molecule has 0 bridgehead atoms. The SMILES string of the molecule is Cc1nccc(-c2noc([C@@H]3CCCNC3)n2)n1. The van der Waals surface area contributed by atoms with E-state index in [1.807, 2.05) is 6.92 Å². The average Bonchev–Trinajstić information content (AvgIpc) is 2.89. The zero-order valence-electron chi connectivity index (χ0n) is 10.3. The molecule has 0 spiro atoms. The topological polar surface area (TPSA) is 76.7 Å². The van der Waals surface area contributed by atoms with Gasteiger partial charge in [-0.05, 0) is 32.4 Å². The molecule has 1 saturated heterocycles. The summed E-state index contributed by atoms with van der Waals surface area (Å²) in [4.78, 5) is 12.8. The Hall–Kier alpha value is -1.82. The van der Waals surface area contributed by atoms with Crippen LogP contribution in [-0.2, 0) is 0 Å². The zero-order chi connectivity index (χ0) is 12.4. The highest BCUT2D eigenvalue weighted by Crippen LogP contribution is 2.23. The Morgan fingerprint density at radius 2 is 2.33 bits per heavy atom. The van der Waals surface area contributed by atoms with Crippen molar-refractivity contribution in [1.82, 2.24) is 25.4 Å². The highest BCUT2D eigenvalue weighted by atomic mass is 16.5. The van der Waals surface area contributed by atoms with Gasteiger partial charge in [-0.1, -0.05) is 5.16 Å². The van der Waals surface area contributed by atoms with Crippen molar-refractivity contribution in [2.75, 3.05) is 13.1 Å². The van der Waals surface area contributed by atoms with Crippen molar-refractivity contribution < 1.29 is 4.52 Å². The van der Waals surface area contributed by atoms with Gasteiger partial charge >= 0.3 is 0 Å². The number of piperidine rings is 1. The van der Waals surface area contributed by atoms with Crippen LogP contribution in [0.25, 0.3) is 11.5 Å². The minimum atomic E-state index is 0.322. The van der Waals surface area contributed by atoms with E-state index >= 15 is 0 Å². The molecule has 1 aliphatic rings. The zero-order valence-corrected chi connectivity index (χ0v) is 10.3. The molecule has 3 rings (SSSR count). The minimum absolute atomic E-state index is 0.322. The minimum Gasteiger partial charge on any atom is -0.339 e. The van der Waals surface area contributed by atoms with Gasteiger partial charge in [-0.3, -0.25) is 0 Å². The summed E-state index contributed by atoms with van der Waals surface area (Å²) in [5.74, 6) is 2.27. The van der Waals surface area contributed by atoms with E-state index in [-0.39, 0.29) is 0 Å². The van der Waals surface area contributed by atoms with Crippen LogP contribution in [-0.4, -0.2) is 33.2 Å². The quantitative estimate of drug-likeness (QED) is 0.859. The molecule has 0 saturated carbocycles. The Morgan fingerprint density at radius 1 is 1.39 bits per heavy atom. The van der Waals surface area contributed by atoms with Crippen molar-refractivity contribution in [3.8, 4) is 11.5 Å². The molecule has 3 heterocycles. The van der Waals surface area contributed by atoms with Crippen molar-refractivity contribution >= 4 is 0 Å². The number of hydrogen-bond donors (Lipinski definition) is 1. The van der Waals surface area contributed by atoms with E-state index in [4.69, 9.17) is 4.52 Å². The molecule has 6 nitrogen and oxygen atoms in total. The number of aromatic nitrogens is 4. The summed E-state index contributed by atoms with van der Waals surface area (Å²) in [6.45, 7) is 3.82. The summed E-state index contributed by atoms with van der Waals surface area (Å²) in [7, 11) is 0. The van der Waals surface area contributed by atoms with E-state index < -0.39 is 0 Å². The van der Waals surface area contributed by atoms with Crippen molar-refractivity contribution in [3.63, 3.8) is 0 Å². The standard InChI is InChI=1S/C12H15N5O/c1-8-14-6-4-10(15-8)11-16-12(18-17-11)9-3-2-5-13-7-9/h4,6,9,13H,2-3,5,7H2,1H3/t9-/m1/s1. The molecule has 0 aromatic carbocycles. The summed E-state index contributed by atoms with van der Waals surface area (Å²) in [6, 6.07) is 1.79. The second-order valence-electron chi connectivity index (χ2n) is 4.49. The van der Waals surface area contributed by atoms with Crippen LogP contribution in [0.15, 0.2) is 16.8 Å². The Labute approximate surface area is 105 Å². The molecule has 18 heavy (non-hydrogen) atoms. The first-order valence-electron chi connectivity index (χ1n) is 6.17. The second kappa shape index (κ2) is 4.81. The van der Waals surface area contributed by atoms with Crippen LogP contribution in [0.1, 0.15) is 30.5 Å². The molecule has 94 valence electrons. The largest absolute Gasteiger partial charge is 0.339 e. The number of rotatable bonds is 2. The number of aryl methyl sites for hydroxylation is 1. The van der Waals surface area contributed by atoms with E-state index in [1.165, 1.54) is 0 Å². The van der Waals surface area contributed by atoms with Crippen LogP contribution < -0.4 is 5.32 Å². The van der Waals surface area contributed by atoms with Gasteiger partial charge in [-0.2, -0.15) is 4.98 Å². The van der Waals surface area contributed by atoms with Crippen LogP contribution in [0.3, 0.4) is 0 Å². The second-order valence-corrected chi connectivity index (χ2v) is 4.49. The summed E-state index contributed by atoms with van der Waals surface area (Å²) in [6.07, 6.45) is 3.95. The molecule has 0 radical (unpaired) electrons. The summed E-state index contributed by atoms with van der Waals surface area (Å²) in [5.41, 5.74) is 0.710. The average molecular weight is 245 g/mol. The molecule has 1 fully saturated rings. The predicted octanol–water partition coefficient (Wildman–Crippen LogP) is 1.30. The van der Waals surface area contributed by atoms with Crippen LogP contribution in [0, 0.1) is 6.92 Å². The van der Waals surface area contributed by atoms with E-state index in [9.17, 15) is 0 Å². The Balaban J connectivity index is 1.84. The highest BCUT2D eigenvalue weighted by Gasteiger charge is 2.21. The molecule has 2 aromatic heterocycles. The van der Waals surface area contributed by atoms with Gasteiger partial charge in [0.1, 0.15) is 11.5 Å². The Kier molecular flexibility index (Phi) is 3.02. The first-order valence-corrected chi connectivity index (χ1v) is 6.17. The van der Waals surface area contributed by atoms with Gasteiger partial charge in [0.25, 0.3) is 0 Å². The Bertz CT molecular complexity index is 533. The van der Waals surface area contributed by atoms with Crippen LogP contribution in [0.4, 0.5) is 0 Å². The third-order valence-corrected chi connectivity index (χ3v) is 3.09. The van der Waals surface area contributed by atoms with Crippen molar-refractivity contribution in [2.45, 2.75) is 25.7 Å². The predicted molar refractivity (Wildman–Crippen MR) is 64.9 cm³/mol. The number of nitrogens with one attached hydrogen (secondary N) is 1. The lowest BCUT2D eigenvalue weighted by atomic mass is 10.00. The molecular formula is C12H15N5O. The van der Waals surface area contributed by atoms with Gasteiger partial charge < -0.3 is 9.84 Å². The molecule has 1 N–H and O–H groups in total. The highest BCUT2D eigenvalue weighted by molar-refractivity contribution is 5.47. The Morgan fingerprint density at radius 3 is 3.11 bits per heavy atom. The van der Waals surface area contributed by atoms with E-state index in [1.54, 1.807) is 12.3 Å². The normalized spacial score (nSPS) is 19.9. The molecule has 2 aromatic rings. The lowest BCUT2D eigenvalue weighted by Crippen LogP contribution is -2.28. The molecule has 1 aliphatic heterocycles. The maximum absolute atomic E-state index is 5.34. The summed E-state index contributed by atoms with van der Waals surface area (Å²) < 4.78 is 5.34. The van der Waals surface area contributed by atoms with Gasteiger partial charge in [-0.15, -0.1) is 0 Å². The third-order valence-electron chi connectivity index (χ3n) is 3.09. The van der Waals surface area contributed by atoms with Crippen LogP contribution >= 0.6 is 0 Å². The number of nitrogens with zero attached hydrogens (tertiary/aromatic N) is 4. The van der Waals surface area contributed by atoms with E-state index in [0.717, 1.165) is 25.9 Å². The maximum atomic E-state index is 5.34. The first-order chi connectivity index (χ1) is 8.83. The lowest BCUT2D eigenvalue weighted by molar-refractivity contribution is 0.322. The summed E-state index contributed by atoms with van der Waals surface area (Å²) in [5, 5.41) is 7.34. The first kappa shape index (κ1) is 11.3. The van der Waals surface area contributed by atoms with Gasteiger partial charge in [0.2, 0.25) is 11.7 Å². The lowest BCUT2D eigenvalue weighted by Gasteiger charge is -2.18. The maximum Gasteiger partial charge on any atom is 0.231 e. The van der Waals surface area contributed by atoms with Gasteiger partial charge in [0, 0.05) is 12.7 Å². The molecule has 0 unspecified atom stereocenters. The van der Waals surface area contributed by atoms with E-state index in [2.05, 4.69) is 25.4 Å². The summed E-state index contributed by atoms with van der Waals surface area (Å²) >= 11 is 0. The van der Waals surface area contributed by atoms with Gasteiger partial charge in [0.05, 0.1) is 5.92 Å². The van der Waals surface area contributed by atoms with Crippen LogP contribution in [0.2, 0.25) is 0 Å². The molecule has 1 atom stereocenters. The molecule has 0 aliphatic carbocycles. The smallest absolute Gasteiger partial charge is 0.231 e. The van der Waals surface area contributed by atoms with Crippen molar-refractivity contribution in [3.05, 3.63) is 24.0 Å². The molecule has 0 amide bonds. The van der Waals surface area contributed by atoms with Crippen LogP contribution in [0.5, 0.6) is 0 Å².